The van der Waals surface area contributed by atoms with Crippen LogP contribution in [0.3, 0.4) is 0 Å². The normalized spacial score (nSPS) is 21.2. The van der Waals surface area contributed by atoms with Crippen molar-refractivity contribution >= 4 is 5.69 Å². The van der Waals surface area contributed by atoms with Crippen LogP contribution in [0.5, 0.6) is 0 Å². The van der Waals surface area contributed by atoms with Crippen LogP contribution in [0.2, 0.25) is 0 Å². The zero-order valence-electron chi connectivity index (χ0n) is 7.30. The summed E-state index contributed by atoms with van der Waals surface area (Å²) in [4.78, 5) is 0. The van der Waals surface area contributed by atoms with Gasteiger partial charge in [0.2, 0.25) is 0 Å². The number of likely N-dealkylation sites (N-methyl/N-ethyl adjacent to an activating group) is 1. The van der Waals surface area contributed by atoms with E-state index in [9.17, 15) is 0 Å². The Morgan fingerprint density at radius 1 is 1.42 bits per heavy atom. The fourth-order valence-electron chi connectivity index (χ4n) is 1.65. The molecule has 0 aromatic heterocycles. The fourth-order valence-corrected chi connectivity index (χ4v) is 1.65. The van der Waals surface area contributed by atoms with Gasteiger partial charge in [-0.1, -0.05) is 18.2 Å². The van der Waals surface area contributed by atoms with Crippen molar-refractivity contribution in [3.8, 4) is 0 Å². The molecule has 1 unspecified atom stereocenters. The number of benzene rings is 1. The van der Waals surface area contributed by atoms with Crippen LogP contribution in [0.4, 0.5) is 5.69 Å². The Bertz CT molecular complexity index is 270. The van der Waals surface area contributed by atoms with Crippen LogP contribution in [0.15, 0.2) is 24.3 Å². The Balaban J connectivity index is 2.23. The molecule has 2 rings (SSSR count). The fraction of sp³-hybridized carbons (Fsp3) is 0.400. The molecule has 0 fully saturated rings. The summed E-state index contributed by atoms with van der Waals surface area (Å²) < 4.78 is 0. The Kier molecular flexibility index (Phi) is 2.00. The molecule has 1 aromatic carbocycles. The number of hydrogen-bond acceptors (Lipinski definition) is 2. The molecule has 1 aliphatic heterocycles. The maximum atomic E-state index is 3.40. The molecule has 12 heavy (non-hydrogen) atoms. The van der Waals surface area contributed by atoms with Crippen LogP contribution in [0.25, 0.3) is 0 Å². The Morgan fingerprint density at radius 2 is 2.25 bits per heavy atom. The lowest BCUT2D eigenvalue weighted by atomic mass is 10.0. The number of rotatable bonds is 1. The molecule has 2 N–H and O–H groups in total. The average Bonchev–Trinajstić information content (AvgIpc) is 2.17. The monoisotopic (exact) mass is 162 g/mol. The Labute approximate surface area is 73.0 Å². The summed E-state index contributed by atoms with van der Waals surface area (Å²) in [6.07, 6.45) is 1.14. The lowest BCUT2D eigenvalue weighted by Gasteiger charge is -2.25. The molecular formula is C10H14N2. The summed E-state index contributed by atoms with van der Waals surface area (Å²) in [6.45, 7) is 1.04. The molecule has 0 saturated carbocycles. The lowest BCUT2D eigenvalue weighted by molar-refractivity contribution is 0.570. The maximum absolute atomic E-state index is 3.40. The first-order valence-electron chi connectivity index (χ1n) is 4.39. The third-order valence-electron chi connectivity index (χ3n) is 2.43. The van der Waals surface area contributed by atoms with Gasteiger partial charge in [-0.15, -0.1) is 0 Å². The standard InChI is InChI=1S/C10H14N2/c1-11-9-6-8-4-2-3-5-10(8)12-7-9/h2-5,9,11-12H,6-7H2,1H3. The van der Waals surface area contributed by atoms with Crippen molar-refractivity contribution in [3.63, 3.8) is 0 Å². The molecular weight excluding hydrogens is 148 g/mol. The van der Waals surface area contributed by atoms with E-state index in [1.165, 1.54) is 11.3 Å². The van der Waals surface area contributed by atoms with Crippen LogP contribution in [-0.2, 0) is 6.42 Å². The molecule has 1 atom stereocenters. The van der Waals surface area contributed by atoms with E-state index in [4.69, 9.17) is 0 Å². The SMILES string of the molecule is CNC1CNc2ccccc2C1. The molecule has 0 bridgehead atoms. The van der Waals surface area contributed by atoms with Gasteiger partial charge in [-0.2, -0.15) is 0 Å². The molecule has 1 aromatic rings. The van der Waals surface area contributed by atoms with E-state index >= 15 is 0 Å². The first kappa shape index (κ1) is 7.62. The van der Waals surface area contributed by atoms with Gasteiger partial charge in [-0.3, -0.25) is 0 Å². The summed E-state index contributed by atoms with van der Waals surface area (Å²) in [5.41, 5.74) is 2.71. The zero-order valence-corrected chi connectivity index (χ0v) is 7.30. The van der Waals surface area contributed by atoms with Gasteiger partial charge in [0.15, 0.2) is 0 Å². The summed E-state index contributed by atoms with van der Waals surface area (Å²) in [6, 6.07) is 9.08. The van der Waals surface area contributed by atoms with E-state index in [0.29, 0.717) is 6.04 Å². The summed E-state index contributed by atoms with van der Waals surface area (Å²) >= 11 is 0. The van der Waals surface area contributed by atoms with Crippen molar-refractivity contribution in [2.24, 2.45) is 0 Å². The van der Waals surface area contributed by atoms with Crippen molar-refractivity contribution in [2.45, 2.75) is 12.5 Å². The number of fused-ring (bicyclic) bond motifs is 1. The highest BCUT2D eigenvalue weighted by Gasteiger charge is 2.14. The van der Waals surface area contributed by atoms with E-state index in [1.807, 2.05) is 7.05 Å². The van der Waals surface area contributed by atoms with Crippen LogP contribution >= 0.6 is 0 Å². The minimum atomic E-state index is 0.583. The molecule has 64 valence electrons. The van der Waals surface area contributed by atoms with E-state index in [-0.39, 0.29) is 0 Å². The van der Waals surface area contributed by atoms with Gasteiger partial charge < -0.3 is 10.6 Å². The number of nitrogens with one attached hydrogen (secondary N) is 2. The van der Waals surface area contributed by atoms with Gasteiger partial charge in [-0.05, 0) is 25.1 Å². The van der Waals surface area contributed by atoms with Crippen molar-refractivity contribution < 1.29 is 0 Å². The molecule has 0 aliphatic carbocycles. The molecule has 1 heterocycles. The highest BCUT2D eigenvalue weighted by molar-refractivity contribution is 5.53. The highest BCUT2D eigenvalue weighted by atomic mass is 15.0. The van der Waals surface area contributed by atoms with E-state index < -0.39 is 0 Å². The van der Waals surface area contributed by atoms with Crippen molar-refractivity contribution in [1.82, 2.24) is 5.32 Å². The van der Waals surface area contributed by atoms with Crippen molar-refractivity contribution in [3.05, 3.63) is 29.8 Å². The van der Waals surface area contributed by atoms with Gasteiger partial charge in [0.1, 0.15) is 0 Å². The smallest absolute Gasteiger partial charge is 0.0373 e. The minimum absolute atomic E-state index is 0.583. The first-order chi connectivity index (χ1) is 5.90. The third kappa shape index (κ3) is 1.30. The molecule has 0 amide bonds. The van der Waals surface area contributed by atoms with Crippen LogP contribution in [-0.4, -0.2) is 19.6 Å². The van der Waals surface area contributed by atoms with Gasteiger partial charge in [0.25, 0.3) is 0 Å². The predicted octanol–water partition coefficient (Wildman–Crippen LogP) is 1.24. The third-order valence-corrected chi connectivity index (χ3v) is 2.43. The Morgan fingerprint density at radius 3 is 3.08 bits per heavy atom. The molecule has 2 heteroatoms. The van der Waals surface area contributed by atoms with E-state index in [0.717, 1.165) is 13.0 Å². The summed E-state index contributed by atoms with van der Waals surface area (Å²) in [5.74, 6) is 0. The highest BCUT2D eigenvalue weighted by Crippen LogP contribution is 2.20. The second-order valence-electron chi connectivity index (χ2n) is 3.23. The van der Waals surface area contributed by atoms with Gasteiger partial charge in [-0.25, -0.2) is 0 Å². The summed E-state index contributed by atoms with van der Waals surface area (Å²) in [5, 5.41) is 6.68. The number of hydrogen-bond donors (Lipinski definition) is 2. The zero-order chi connectivity index (χ0) is 8.39. The number of para-hydroxylation sites is 1. The molecule has 0 radical (unpaired) electrons. The topological polar surface area (TPSA) is 24.1 Å². The second kappa shape index (κ2) is 3.15. The van der Waals surface area contributed by atoms with Gasteiger partial charge >= 0.3 is 0 Å². The predicted molar refractivity (Wildman–Crippen MR) is 51.5 cm³/mol. The van der Waals surface area contributed by atoms with Gasteiger partial charge in [0, 0.05) is 18.3 Å². The van der Waals surface area contributed by atoms with Crippen LogP contribution in [0, 0.1) is 0 Å². The largest absolute Gasteiger partial charge is 0.383 e. The minimum Gasteiger partial charge on any atom is -0.383 e. The van der Waals surface area contributed by atoms with Crippen molar-refractivity contribution in [1.29, 1.82) is 0 Å². The quantitative estimate of drug-likeness (QED) is 0.649. The van der Waals surface area contributed by atoms with E-state index in [1.54, 1.807) is 0 Å². The first-order valence-corrected chi connectivity index (χ1v) is 4.39. The number of anilines is 1. The molecule has 1 aliphatic rings. The average molecular weight is 162 g/mol. The van der Waals surface area contributed by atoms with E-state index in [2.05, 4.69) is 34.9 Å². The van der Waals surface area contributed by atoms with Gasteiger partial charge in [0.05, 0.1) is 0 Å². The van der Waals surface area contributed by atoms with Crippen molar-refractivity contribution in [2.75, 3.05) is 18.9 Å². The Hall–Kier alpha value is -1.02. The maximum Gasteiger partial charge on any atom is 0.0373 e. The van der Waals surface area contributed by atoms with Crippen LogP contribution in [0.1, 0.15) is 5.56 Å². The molecule has 0 spiro atoms. The van der Waals surface area contributed by atoms with Crippen LogP contribution < -0.4 is 10.6 Å². The lowest BCUT2D eigenvalue weighted by Crippen LogP contribution is -2.37. The second-order valence-corrected chi connectivity index (χ2v) is 3.23. The molecule has 0 saturated heterocycles. The molecule has 2 nitrogen and oxygen atoms in total. The summed E-state index contributed by atoms with van der Waals surface area (Å²) in [7, 11) is 2.01.